The maximum Gasteiger partial charge on any atom is 0.308 e. The van der Waals surface area contributed by atoms with Crippen LogP contribution in [0.15, 0.2) is 36.4 Å². The molecule has 0 radical (unpaired) electrons. The molecule has 0 heterocycles. The van der Waals surface area contributed by atoms with Gasteiger partial charge in [0.1, 0.15) is 0 Å². The second kappa shape index (κ2) is 10.1. The van der Waals surface area contributed by atoms with E-state index in [-0.39, 0.29) is 18.9 Å². The van der Waals surface area contributed by atoms with Crippen molar-refractivity contribution >= 4 is 35.1 Å². The molecule has 0 aliphatic carbocycles. The molecule has 0 bridgehead atoms. The summed E-state index contributed by atoms with van der Waals surface area (Å²) in [6, 6.07) is 10.4. The van der Waals surface area contributed by atoms with Gasteiger partial charge >= 0.3 is 5.97 Å². The molecule has 154 valence electrons. The molecule has 0 saturated carbocycles. The van der Waals surface area contributed by atoms with E-state index < -0.39 is 18.0 Å². The number of carbonyl (C=O) groups is 3. The quantitative estimate of drug-likeness (QED) is 0.669. The molecule has 1 atom stereocenters. The molecule has 0 unspecified atom stereocenters. The van der Waals surface area contributed by atoms with E-state index >= 15 is 0 Å². The van der Waals surface area contributed by atoms with Gasteiger partial charge in [-0.1, -0.05) is 29.3 Å². The molecule has 0 saturated heterocycles. The molecule has 2 aromatic rings. The fraction of sp³-hybridized carbons (Fsp3) is 0.318. The Bertz CT molecular complexity index is 887. The van der Waals surface area contributed by atoms with Crippen molar-refractivity contribution in [1.82, 2.24) is 5.32 Å². The first-order valence-corrected chi connectivity index (χ1v) is 9.67. The van der Waals surface area contributed by atoms with Gasteiger partial charge in [-0.2, -0.15) is 0 Å². The Kier molecular flexibility index (Phi) is 7.79. The topological polar surface area (TPSA) is 84.5 Å². The van der Waals surface area contributed by atoms with Crippen LogP contribution in [0.5, 0.6) is 0 Å². The largest absolute Gasteiger partial charge is 0.452 e. The molecule has 2 N–H and O–H groups in total. The molecule has 29 heavy (non-hydrogen) atoms. The summed E-state index contributed by atoms with van der Waals surface area (Å²) in [5.74, 6) is -1.29. The molecule has 0 spiro atoms. The number of aryl methyl sites for hydroxylation is 3. The highest BCUT2D eigenvalue weighted by atomic mass is 35.5. The highest BCUT2D eigenvalue weighted by Crippen LogP contribution is 2.22. The van der Waals surface area contributed by atoms with Crippen LogP contribution in [-0.4, -0.2) is 30.4 Å². The van der Waals surface area contributed by atoms with Crippen molar-refractivity contribution in [3.8, 4) is 0 Å². The summed E-state index contributed by atoms with van der Waals surface area (Å²) in [6.45, 7) is 7.43. The third kappa shape index (κ3) is 6.61. The van der Waals surface area contributed by atoms with Gasteiger partial charge in [0.05, 0.1) is 6.42 Å². The monoisotopic (exact) mass is 416 g/mol. The van der Waals surface area contributed by atoms with Crippen molar-refractivity contribution in [2.75, 3.05) is 11.9 Å². The van der Waals surface area contributed by atoms with Crippen LogP contribution in [0.3, 0.4) is 0 Å². The fourth-order valence-electron chi connectivity index (χ4n) is 2.89. The summed E-state index contributed by atoms with van der Waals surface area (Å²) in [7, 11) is 0. The number of hydrogen-bond acceptors (Lipinski definition) is 4. The second-order valence-electron chi connectivity index (χ2n) is 6.91. The number of esters is 1. The minimum atomic E-state index is -0.949. The van der Waals surface area contributed by atoms with Crippen molar-refractivity contribution in [3.05, 3.63) is 63.7 Å². The molecule has 0 aromatic heterocycles. The Labute approximate surface area is 175 Å². The van der Waals surface area contributed by atoms with E-state index in [9.17, 15) is 14.4 Å². The Morgan fingerprint density at radius 2 is 1.62 bits per heavy atom. The molecular formula is C22H25ClN2O4. The number of halogens is 1. The first-order chi connectivity index (χ1) is 13.7. The summed E-state index contributed by atoms with van der Waals surface area (Å²) in [4.78, 5) is 36.3. The number of nitrogens with one attached hydrogen (secondary N) is 2. The number of carbonyl (C=O) groups excluding carboxylic acids is 3. The van der Waals surface area contributed by atoms with Gasteiger partial charge in [0.15, 0.2) is 6.10 Å². The zero-order valence-electron chi connectivity index (χ0n) is 17.0. The SMILES string of the molecule is Cc1cc(C)c(NC(=O)[C@@H](C)OC(=O)CCNC(=O)c2ccc(Cl)cc2)c(C)c1. The van der Waals surface area contributed by atoms with E-state index in [0.29, 0.717) is 10.6 Å². The smallest absolute Gasteiger partial charge is 0.308 e. The Balaban J connectivity index is 1.80. The van der Waals surface area contributed by atoms with E-state index in [0.717, 1.165) is 22.4 Å². The molecule has 2 amide bonds. The molecule has 0 fully saturated rings. The van der Waals surface area contributed by atoms with Gasteiger partial charge < -0.3 is 15.4 Å². The van der Waals surface area contributed by atoms with Crippen LogP contribution < -0.4 is 10.6 Å². The molecule has 0 aliphatic rings. The Morgan fingerprint density at radius 3 is 2.21 bits per heavy atom. The normalized spacial score (nSPS) is 11.5. The van der Waals surface area contributed by atoms with Crippen LogP contribution in [0.25, 0.3) is 0 Å². The van der Waals surface area contributed by atoms with Crippen molar-refractivity contribution < 1.29 is 19.1 Å². The van der Waals surface area contributed by atoms with Crippen LogP contribution >= 0.6 is 11.6 Å². The highest BCUT2D eigenvalue weighted by Gasteiger charge is 2.19. The summed E-state index contributed by atoms with van der Waals surface area (Å²) >= 11 is 5.79. The van der Waals surface area contributed by atoms with Gasteiger partial charge in [0.2, 0.25) is 0 Å². The number of ether oxygens (including phenoxy) is 1. The lowest BCUT2D eigenvalue weighted by molar-refractivity contribution is -0.153. The minimum Gasteiger partial charge on any atom is -0.452 e. The lowest BCUT2D eigenvalue weighted by Gasteiger charge is -2.17. The summed E-state index contributed by atoms with van der Waals surface area (Å²) in [5.41, 5.74) is 4.16. The van der Waals surface area contributed by atoms with Crippen LogP contribution in [0.4, 0.5) is 5.69 Å². The molecule has 7 heteroatoms. The number of hydrogen-bond donors (Lipinski definition) is 2. The first kappa shape index (κ1) is 22.4. The van der Waals surface area contributed by atoms with Crippen molar-refractivity contribution in [2.45, 2.75) is 40.2 Å². The lowest BCUT2D eigenvalue weighted by atomic mass is 10.0. The van der Waals surface area contributed by atoms with Crippen molar-refractivity contribution in [2.24, 2.45) is 0 Å². The molecular weight excluding hydrogens is 392 g/mol. The van der Waals surface area contributed by atoms with Crippen LogP contribution in [0.1, 0.15) is 40.4 Å². The number of amides is 2. The number of benzene rings is 2. The first-order valence-electron chi connectivity index (χ1n) is 9.29. The van der Waals surface area contributed by atoms with Crippen molar-refractivity contribution in [3.63, 3.8) is 0 Å². The number of anilines is 1. The van der Waals surface area contributed by atoms with Crippen LogP contribution in [0.2, 0.25) is 5.02 Å². The molecule has 2 aromatic carbocycles. The Morgan fingerprint density at radius 1 is 1.03 bits per heavy atom. The van der Waals surface area contributed by atoms with Gasteiger partial charge in [-0.15, -0.1) is 0 Å². The minimum absolute atomic E-state index is 0.0421. The van der Waals surface area contributed by atoms with Gasteiger partial charge in [-0.3, -0.25) is 14.4 Å². The molecule has 0 aliphatic heterocycles. The van der Waals surface area contributed by atoms with E-state index in [1.54, 1.807) is 24.3 Å². The fourth-order valence-corrected chi connectivity index (χ4v) is 3.02. The lowest BCUT2D eigenvalue weighted by Crippen LogP contribution is -2.32. The molecule has 6 nitrogen and oxygen atoms in total. The van der Waals surface area contributed by atoms with Crippen LogP contribution in [0, 0.1) is 20.8 Å². The third-order valence-corrected chi connectivity index (χ3v) is 4.58. The van der Waals surface area contributed by atoms with Crippen molar-refractivity contribution in [1.29, 1.82) is 0 Å². The highest BCUT2D eigenvalue weighted by molar-refractivity contribution is 6.30. The summed E-state index contributed by atoms with van der Waals surface area (Å²) in [5, 5.41) is 5.98. The van der Waals surface area contributed by atoms with E-state index in [4.69, 9.17) is 16.3 Å². The second-order valence-corrected chi connectivity index (χ2v) is 7.34. The van der Waals surface area contributed by atoms with Gasteiger partial charge in [-0.05, 0) is 63.1 Å². The third-order valence-electron chi connectivity index (χ3n) is 4.32. The van der Waals surface area contributed by atoms with Gasteiger partial charge in [-0.25, -0.2) is 0 Å². The Hall–Kier alpha value is -2.86. The average molecular weight is 417 g/mol. The van der Waals surface area contributed by atoms with E-state index in [1.807, 2.05) is 32.9 Å². The van der Waals surface area contributed by atoms with E-state index in [1.165, 1.54) is 6.92 Å². The maximum atomic E-state index is 12.4. The number of rotatable bonds is 7. The van der Waals surface area contributed by atoms with Gasteiger partial charge in [0.25, 0.3) is 11.8 Å². The predicted molar refractivity (Wildman–Crippen MR) is 113 cm³/mol. The zero-order chi connectivity index (χ0) is 21.6. The average Bonchev–Trinajstić information content (AvgIpc) is 2.64. The van der Waals surface area contributed by atoms with Crippen LogP contribution in [-0.2, 0) is 14.3 Å². The van der Waals surface area contributed by atoms with Gasteiger partial charge in [0, 0.05) is 22.8 Å². The maximum absolute atomic E-state index is 12.4. The summed E-state index contributed by atoms with van der Waals surface area (Å²) in [6.07, 6.45) is -0.992. The zero-order valence-corrected chi connectivity index (χ0v) is 17.7. The standard InChI is InChI=1S/C22H25ClN2O4/c1-13-11-14(2)20(15(3)12-13)25-21(27)16(4)29-19(26)9-10-24-22(28)17-5-7-18(23)8-6-17/h5-8,11-12,16H,9-10H2,1-4H3,(H,24,28)(H,25,27)/t16-/m1/s1. The van der Waals surface area contributed by atoms with E-state index in [2.05, 4.69) is 10.6 Å². The summed E-state index contributed by atoms with van der Waals surface area (Å²) < 4.78 is 5.17. The molecule has 2 rings (SSSR count). The predicted octanol–water partition coefficient (Wildman–Crippen LogP) is 3.96.